The van der Waals surface area contributed by atoms with Crippen molar-refractivity contribution in [3.05, 3.63) is 16.6 Å². The standard InChI is InChI=1S/C11H16N2O2S/c14-11(15)6-9-2-1-4-13(7-9)8-10-12-3-5-16-10/h3,5,9H,1-2,4,6-8H2,(H,14,15). The monoisotopic (exact) mass is 240 g/mol. The van der Waals surface area contributed by atoms with Gasteiger partial charge in [0.25, 0.3) is 0 Å². The van der Waals surface area contributed by atoms with E-state index < -0.39 is 5.97 Å². The Morgan fingerprint density at radius 1 is 1.69 bits per heavy atom. The van der Waals surface area contributed by atoms with Crippen molar-refractivity contribution in [1.82, 2.24) is 9.88 Å². The topological polar surface area (TPSA) is 53.4 Å². The molecule has 1 N–H and O–H groups in total. The number of piperidine rings is 1. The molecule has 1 fully saturated rings. The molecule has 0 saturated carbocycles. The number of hydrogen-bond donors (Lipinski definition) is 1. The molecule has 2 rings (SSSR count). The molecule has 5 heteroatoms. The van der Waals surface area contributed by atoms with Crippen LogP contribution in [0.2, 0.25) is 0 Å². The molecule has 1 aliphatic heterocycles. The minimum atomic E-state index is -0.680. The molecule has 1 aliphatic rings. The van der Waals surface area contributed by atoms with Gasteiger partial charge in [0.2, 0.25) is 0 Å². The number of carbonyl (C=O) groups is 1. The Labute approximate surface area is 98.9 Å². The van der Waals surface area contributed by atoms with Gasteiger partial charge in [-0.2, -0.15) is 0 Å². The van der Waals surface area contributed by atoms with Crippen LogP contribution in [0.25, 0.3) is 0 Å². The molecule has 88 valence electrons. The minimum absolute atomic E-state index is 0.300. The molecular weight excluding hydrogens is 224 g/mol. The fourth-order valence-electron chi connectivity index (χ4n) is 2.23. The summed E-state index contributed by atoms with van der Waals surface area (Å²) in [5, 5.41) is 11.9. The first-order valence-corrected chi connectivity index (χ1v) is 6.44. The Bertz CT molecular complexity index is 340. The molecule has 1 atom stereocenters. The van der Waals surface area contributed by atoms with Gasteiger partial charge in [0.1, 0.15) is 5.01 Å². The van der Waals surface area contributed by atoms with E-state index in [1.54, 1.807) is 11.3 Å². The van der Waals surface area contributed by atoms with E-state index in [-0.39, 0.29) is 0 Å². The van der Waals surface area contributed by atoms with Crippen molar-refractivity contribution in [2.75, 3.05) is 13.1 Å². The normalized spacial score (nSPS) is 22.1. The highest BCUT2D eigenvalue weighted by molar-refractivity contribution is 7.09. The summed E-state index contributed by atoms with van der Waals surface area (Å²) in [6, 6.07) is 0. The largest absolute Gasteiger partial charge is 0.481 e. The first-order chi connectivity index (χ1) is 7.74. The quantitative estimate of drug-likeness (QED) is 0.872. The zero-order valence-corrected chi connectivity index (χ0v) is 9.95. The smallest absolute Gasteiger partial charge is 0.303 e. The van der Waals surface area contributed by atoms with E-state index in [4.69, 9.17) is 5.11 Å². The Kier molecular flexibility index (Phi) is 3.90. The maximum absolute atomic E-state index is 10.7. The Morgan fingerprint density at radius 2 is 2.56 bits per heavy atom. The van der Waals surface area contributed by atoms with Crippen molar-refractivity contribution in [2.24, 2.45) is 5.92 Å². The fourth-order valence-corrected chi connectivity index (χ4v) is 2.89. The third kappa shape index (κ3) is 3.28. The molecule has 16 heavy (non-hydrogen) atoms. The zero-order chi connectivity index (χ0) is 11.4. The van der Waals surface area contributed by atoms with Crippen LogP contribution in [0, 0.1) is 5.92 Å². The molecule has 1 aromatic rings. The van der Waals surface area contributed by atoms with E-state index in [2.05, 4.69) is 9.88 Å². The summed E-state index contributed by atoms with van der Waals surface area (Å²) in [6.45, 7) is 2.83. The second kappa shape index (κ2) is 5.41. The van der Waals surface area contributed by atoms with Gasteiger partial charge in [-0.3, -0.25) is 9.69 Å². The van der Waals surface area contributed by atoms with Crippen LogP contribution >= 0.6 is 11.3 Å². The summed E-state index contributed by atoms with van der Waals surface area (Å²) >= 11 is 1.66. The summed E-state index contributed by atoms with van der Waals surface area (Å²) < 4.78 is 0. The van der Waals surface area contributed by atoms with Crippen molar-refractivity contribution in [3.8, 4) is 0 Å². The van der Waals surface area contributed by atoms with Crippen molar-refractivity contribution in [1.29, 1.82) is 0 Å². The van der Waals surface area contributed by atoms with Gasteiger partial charge in [-0.15, -0.1) is 11.3 Å². The average molecular weight is 240 g/mol. The maximum atomic E-state index is 10.7. The molecule has 0 radical (unpaired) electrons. The van der Waals surface area contributed by atoms with Crippen LogP contribution in [0.4, 0.5) is 0 Å². The van der Waals surface area contributed by atoms with Gasteiger partial charge < -0.3 is 5.11 Å². The molecule has 0 bridgehead atoms. The van der Waals surface area contributed by atoms with Crippen LogP contribution in [0.1, 0.15) is 24.3 Å². The first kappa shape index (κ1) is 11.5. The van der Waals surface area contributed by atoms with Crippen LogP contribution in [-0.2, 0) is 11.3 Å². The molecule has 2 heterocycles. The van der Waals surface area contributed by atoms with Gasteiger partial charge in [0.05, 0.1) is 6.54 Å². The van der Waals surface area contributed by atoms with Crippen LogP contribution in [0.15, 0.2) is 11.6 Å². The summed E-state index contributed by atoms with van der Waals surface area (Å²) in [4.78, 5) is 17.2. The predicted molar refractivity (Wildman–Crippen MR) is 62.4 cm³/mol. The lowest BCUT2D eigenvalue weighted by molar-refractivity contribution is -0.138. The SMILES string of the molecule is O=C(O)CC1CCCN(Cc2nccs2)C1. The first-order valence-electron chi connectivity index (χ1n) is 5.56. The lowest BCUT2D eigenvalue weighted by Crippen LogP contribution is -2.35. The van der Waals surface area contributed by atoms with E-state index in [0.717, 1.165) is 37.5 Å². The van der Waals surface area contributed by atoms with E-state index in [1.165, 1.54) is 0 Å². The van der Waals surface area contributed by atoms with E-state index >= 15 is 0 Å². The van der Waals surface area contributed by atoms with Gasteiger partial charge in [0.15, 0.2) is 0 Å². The number of aliphatic carboxylic acids is 1. The zero-order valence-electron chi connectivity index (χ0n) is 9.13. The molecule has 0 aliphatic carbocycles. The summed E-state index contributed by atoms with van der Waals surface area (Å²) in [7, 11) is 0. The highest BCUT2D eigenvalue weighted by Crippen LogP contribution is 2.21. The summed E-state index contributed by atoms with van der Waals surface area (Å²) in [5.41, 5.74) is 0. The van der Waals surface area contributed by atoms with E-state index in [1.807, 2.05) is 11.6 Å². The average Bonchev–Trinajstić information content (AvgIpc) is 2.70. The number of nitrogens with zero attached hydrogens (tertiary/aromatic N) is 2. The van der Waals surface area contributed by atoms with Crippen molar-refractivity contribution in [3.63, 3.8) is 0 Å². The van der Waals surface area contributed by atoms with Crippen LogP contribution in [0.3, 0.4) is 0 Å². The van der Waals surface area contributed by atoms with Crippen LogP contribution < -0.4 is 0 Å². The molecular formula is C11H16N2O2S. The predicted octanol–water partition coefficient (Wildman–Crippen LogP) is 1.83. The number of rotatable bonds is 4. The Balaban J connectivity index is 1.84. The van der Waals surface area contributed by atoms with E-state index in [9.17, 15) is 4.79 Å². The van der Waals surface area contributed by atoms with Crippen molar-refractivity contribution < 1.29 is 9.90 Å². The van der Waals surface area contributed by atoms with Crippen LogP contribution in [-0.4, -0.2) is 34.0 Å². The highest BCUT2D eigenvalue weighted by Gasteiger charge is 2.22. The third-order valence-electron chi connectivity index (χ3n) is 2.91. The molecule has 1 unspecified atom stereocenters. The van der Waals surface area contributed by atoms with E-state index in [0.29, 0.717) is 12.3 Å². The lowest BCUT2D eigenvalue weighted by Gasteiger charge is -2.31. The van der Waals surface area contributed by atoms with Gasteiger partial charge in [0, 0.05) is 24.5 Å². The van der Waals surface area contributed by atoms with Crippen LogP contribution in [0.5, 0.6) is 0 Å². The maximum Gasteiger partial charge on any atom is 0.303 e. The molecule has 1 aromatic heterocycles. The molecule has 1 saturated heterocycles. The van der Waals surface area contributed by atoms with Crippen molar-refractivity contribution in [2.45, 2.75) is 25.8 Å². The van der Waals surface area contributed by atoms with Gasteiger partial charge >= 0.3 is 5.97 Å². The number of likely N-dealkylation sites (tertiary alicyclic amines) is 1. The lowest BCUT2D eigenvalue weighted by atomic mass is 9.95. The van der Waals surface area contributed by atoms with Crippen molar-refractivity contribution >= 4 is 17.3 Å². The molecule has 0 aromatic carbocycles. The number of aromatic nitrogens is 1. The van der Waals surface area contributed by atoms with Gasteiger partial charge in [-0.25, -0.2) is 4.98 Å². The van der Waals surface area contributed by atoms with Gasteiger partial charge in [-0.1, -0.05) is 0 Å². The third-order valence-corrected chi connectivity index (χ3v) is 3.67. The fraction of sp³-hybridized carbons (Fsp3) is 0.636. The summed E-state index contributed by atoms with van der Waals surface area (Å²) in [6.07, 6.45) is 4.26. The number of thiazole rings is 1. The Hall–Kier alpha value is -0.940. The molecule has 0 spiro atoms. The molecule has 4 nitrogen and oxygen atoms in total. The minimum Gasteiger partial charge on any atom is -0.481 e. The summed E-state index contributed by atoms with van der Waals surface area (Å²) in [5.74, 6) is -0.368. The highest BCUT2D eigenvalue weighted by atomic mass is 32.1. The van der Waals surface area contributed by atoms with Gasteiger partial charge in [-0.05, 0) is 25.3 Å². The number of carboxylic acids is 1. The molecule has 0 amide bonds. The number of carboxylic acid groups (broad SMARTS) is 1. The second-order valence-corrected chi connectivity index (χ2v) is 5.25. The number of hydrogen-bond acceptors (Lipinski definition) is 4. The second-order valence-electron chi connectivity index (χ2n) is 4.27. The Morgan fingerprint density at radius 3 is 3.25 bits per heavy atom.